The lowest BCUT2D eigenvalue weighted by Crippen LogP contribution is -2.27. The van der Waals surface area contributed by atoms with Gasteiger partial charge in [0.1, 0.15) is 0 Å². The third-order valence-electron chi connectivity index (χ3n) is 1.02. The highest BCUT2D eigenvalue weighted by Gasteiger charge is 1.95. The Morgan fingerprint density at radius 3 is 2.92 bits per heavy atom. The lowest BCUT2D eigenvalue weighted by molar-refractivity contribution is 0.197. The minimum absolute atomic E-state index is 0.576. The number of hydrazine groups is 1. The molecule has 0 aliphatic carbocycles. The molecule has 0 aliphatic heterocycles. The molecule has 1 aromatic rings. The van der Waals surface area contributed by atoms with Crippen LogP contribution in [-0.4, -0.2) is 16.2 Å². The summed E-state index contributed by atoms with van der Waals surface area (Å²) in [4.78, 5) is 13.9. The first kappa shape index (κ1) is 8.79. The summed E-state index contributed by atoms with van der Waals surface area (Å²) in [6.07, 6.45) is 1.96. The molecule has 0 aromatic carbocycles. The van der Waals surface area contributed by atoms with Crippen LogP contribution in [0, 0.1) is 0 Å². The molecule has 0 saturated heterocycles. The van der Waals surface area contributed by atoms with Gasteiger partial charge in [0.05, 0.1) is 11.9 Å². The SMILES string of the molecule is O=C(O)NNc1cncc(Br)c1. The molecule has 1 heterocycles. The molecule has 0 aliphatic rings. The van der Waals surface area contributed by atoms with Crippen LogP contribution in [-0.2, 0) is 0 Å². The summed E-state index contributed by atoms with van der Waals surface area (Å²) in [6, 6.07) is 1.70. The fourth-order valence-corrected chi connectivity index (χ4v) is 0.971. The zero-order valence-corrected chi connectivity index (χ0v) is 7.50. The van der Waals surface area contributed by atoms with E-state index in [0.29, 0.717) is 5.69 Å². The van der Waals surface area contributed by atoms with Crippen molar-refractivity contribution in [1.82, 2.24) is 10.4 Å². The van der Waals surface area contributed by atoms with Crippen molar-refractivity contribution in [2.45, 2.75) is 0 Å². The Morgan fingerprint density at radius 2 is 2.33 bits per heavy atom. The topological polar surface area (TPSA) is 74.2 Å². The molecule has 0 saturated carbocycles. The minimum Gasteiger partial charge on any atom is -0.464 e. The van der Waals surface area contributed by atoms with E-state index in [1.54, 1.807) is 12.3 Å². The molecule has 6 heteroatoms. The van der Waals surface area contributed by atoms with E-state index in [9.17, 15) is 4.79 Å². The van der Waals surface area contributed by atoms with Crippen molar-refractivity contribution in [2.75, 3.05) is 5.43 Å². The maximum Gasteiger partial charge on any atom is 0.423 e. The summed E-state index contributed by atoms with van der Waals surface area (Å²) in [5.41, 5.74) is 5.01. The van der Waals surface area contributed by atoms with E-state index in [2.05, 4.69) is 26.3 Å². The van der Waals surface area contributed by atoms with Crippen molar-refractivity contribution in [1.29, 1.82) is 0 Å². The van der Waals surface area contributed by atoms with Gasteiger partial charge >= 0.3 is 6.09 Å². The molecule has 12 heavy (non-hydrogen) atoms. The average Bonchev–Trinajstić information content (AvgIpc) is 2.01. The lowest BCUT2D eigenvalue weighted by Gasteiger charge is -2.03. The van der Waals surface area contributed by atoms with Crippen LogP contribution >= 0.6 is 15.9 Å². The van der Waals surface area contributed by atoms with Crippen molar-refractivity contribution in [3.05, 3.63) is 22.9 Å². The quantitative estimate of drug-likeness (QED) is 0.674. The van der Waals surface area contributed by atoms with Gasteiger partial charge in [0.2, 0.25) is 0 Å². The average molecular weight is 232 g/mol. The Balaban J connectivity index is 2.57. The lowest BCUT2D eigenvalue weighted by atomic mass is 10.4. The monoisotopic (exact) mass is 231 g/mol. The van der Waals surface area contributed by atoms with Gasteiger partial charge in [0.15, 0.2) is 0 Å². The molecule has 0 radical (unpaired) electrons. The zero-order valence-electron chi connectivity index (χ0n) is 5.91. The van der Waals surface area contributed by atoms with E-state index in [1.807, 2.05) is 5.43 Å². The van der Waals surface area contributed by atoms with Crippen molar-refractivity contribution in [3.8, 4) is 0 Å². The smallest absolute Gasteiger partial charge is 0.423 e. The van der Waals surface area contributed by atoms with Crippen molar-refractivity contribution in [3.63, 3.8) is 0 Å². The van der Waals surface area contributed by atoms with Crippen LogP contribution in [0.15, 0.2) is 22.9 Å². The van der Waals surface area contributed by atoms with Gasteiger partial charge in [0.25, 0.3) is 0 Å². The first-order valence-electron chi connectivity index (χ1n) is 3.04. The summed E-state index contributed by atoms with van der Waals surface area (Å²) in [5, 5.41) is 8.24. The van der Waals surface area contributed by atoms with Gasteiger partial charge in [-0.1, -0.05) is 0 Å². The Bertz CT molecular complexity index is 292. The van der Waals surface area contributed by atoms with Crippen LogP contribution in [0.4, 0.5) is 10.5 Å². The Hall–Kier alpha value is -1.30. The molecule has 1 rings (SSSR count). The maximum absolute atomic E-state index is 10.1. The number of nitrogens with zero attached hydrogens (tertiary/aromatic N) is 1. The molecule has 64 valence electrons. The standard InChI is InChI=1S/C6H6BrN3O2/c7-4-1-5(3-8-2-4)9-10-6(11)12/h1-3,9-10H,(H,11,12). The number of nitrogens with one attached hydrogen (secondary N) is 2. The second-order valence-corrected chi connectivity index (χ2v) is 2.86. The summed E-state index contributed by atoms with van der Waals surface area (Å²) >= 11 is 3.19. The molecule has 1 amide bonds. The number of amides is 1. The van der Waals surface area contributed by atoms with Gasteiger partial charge in [-0.3, -0.25) is 10.4 Å². The number of carbonyl (C=O) groups is 1. The molecular formula is C6H6BrN3O2. The van der Waals surface area contributed by atoms with Crippen LogP contribution in [0.25, 0.3) is 0 Å². The second kappa shape index (κ2) is 3.91. The second-order valence-electron chi connectivity index (χ2n) is 1.95. The highest BCUT2D eigenvalue weighted by atomic mass is 79.9. The van der Waals surface area contributed by atoms with Crippen molar-refractivity contribution < 1.29 is 9.90 Å². The number of halogens is 1. The summed E-state index contributed by atoms with van der Waals surface area (Å²) in [7, 11) is 0. The first-order valence-corrected chi connectivity index (χ1v) is 3.83. The van der Waals surface area contributed by atoms with Crippen LogP contribution in [0.1, 0.15) is 0 Å². The van der Waals surface area contributed by atoms with Crippen LogP contribution in [0.3, 0.4) is 0 Å². The molecule has 0 unspecified atom stereocenters. The van der Waals surface area contributed by atoms with Gasteiger partial charge in [-0.25, -0.2) is 10.2 Å². The predicted molar refractivity (Wildman–Crippen MR) is 46.7 cm³/mol. The predicted octanol–water partition coefficient (Wildman–Crippen LogP) is 1.44. The summed E-state index contributed by atoms with van der Waals surface area (Å²) < 4.78 is 0.777. The Morgan fingerprint density at radius 1 is 1.58 bits per heavy atom. The van der Waals surface area contributed by atoms with Crippen molar-refractivity contribution in [2.24, 2.45) is 0 Å². The van der Waals surface area contributed by atoms with E-state index < -0.39 is 6.09 Å². The van der Waals surface area contributed by atoms with Gasteiger partial charge in [-0.2, -0.15) is 0 Å². The number of aromatic nitrogens is 1. The third kappa shape index (κ3) is 2.75. The maximum atomic E-state index is 10.1. The molecule has 0 fully saturated rings. The van der Waals surface area contributed by atoms with Crippen LogP contribution < -0.4 is 10.9 Å². The fraction of sp³-hybridized carbons (Fsp3) is 0. The van der Waals surface area contributed by atoms with E-state index in [4.69, 9.17) is 5.11 Å². The number of rotatable bonds is 2. The number of hydrogen-bond donors (Lipinski definition) is 3. The van der Waals surface area contributed by atoms with Gasteiger partial charge in [-0.05, 0) is 22.0 Å². The molecule has 3 N–H and O–H groups in total. The normalized spacial score (nSPS) is 9.08. The highest BCUT2D eigenvalue weighted by Crippen LogP contribution is 2.12. The Kier molecular flexibility index (Phi) is 2.87. The van der Waals surface area contributed by atoms with E-state index in [-0.39, 0.29) is 0 Å². The first-order chi connectivity index (χ1) is 5.68. The Labute approximate surface area is 76.9 Å². The van der Waals surface area contributed by atoms with Crippen molar-refractivity contribution >= 4 is 27.7 Å². The molecule has 1 aromatic heterocycles. The molecule has 0 atom stereocenters. The molecular weight excluding hydrogens is 226 g/mol. The number of carboxylic acid groups (broad SMARTS) is 1. The fourth-order valence-electron chi connectivity index (χ4n) is 0.606. The number of anilines is 1. The minimum atomic E-state index is -1.14. The largest absolute Gasteiger partial charge is 0.464 e. The van der Waals surface area contributed by atoms with Gasteiger partial charge in [0, 0.05) is 10.7 Å². The zero-order chi connectivity index (χ0) is 8.97. The summed E-state index contributed by atoms with van der Waals surface area (Å²) in [6.45, 7) is 0. The van der Waals surface area contributed by atoms with E-state index in [1.165, 1.54) is 6.20 Å². The number of hydrogen-bond acceptors (Lipinski definition) is 3. The molecule has 0 bridgehead atoms. The van der Waals surface area contributed by atoms with E-state index in [0.717, 1.165) is 4.47 Å². The van der Waals surface area contributed by atoms with Gasteiger partial charge in [-0.15, -0.1) is 0 Å². The highest BCUT2D eigenvalue weighted by molar-refractivity contribution is 9.10. The number of pyridine rings is 1. The summed E-state index contributed by atoms with van der Waals surface area (Å²) in [5.74, 6) is 0. The van der Waals surface area contributed by atoms with Crippen LogP contribution in [0.5, 0.6) is 0 Å². The molecule has 0 spiro atoms. The third-order valence-corrected chi connectivity index (χ3v) is 1.45. The molecule has 5 nitrogen and oxygen atoms in total. The van der Waals surface area contributed by atoms with Crippen LogP contribution in [0.2, 0.25) is 0 Å². The van der Waals surface area contributed by atoms with E-state index >= 15 is 0 Å². The van der Waals surface area contributed by atoms with Gasteiger partial charge < -0.3 is 5.11 Å².